The number of hydrogen-bond donors (Lipinski definition) is 3. The van der Waals surface area contributed by atoms with Crippen LogP contribution in [-0.2, 0) is 0 Å². The van der Waals surface area contributed by atoms with Crippen molar-refractivity contribution in [1.82, 2.24) is 10.3 Å². The minimum atomic E-state index is -0.275. The van der Waals surface area contributed by atoms with Gasteiger partial charge in [-0.05, 0) is 55.0 Å². The van der Waals surface area contributed by atoms with Gasteiger partial charge in [-0.15, -0.1) is 0 Å². The number of fused-ring (bicyclic) bond motifs is 1. The lowest BCUT2D eigenvalue weighted by molar-refractivity contribution is 0.0944. The van der Waals surface area contributed by atoms with Crippen LogP contribution in [0.15, 0.2) is 36.5 Å². The average molecular weight is 322 g/mol. The zero-order chi connectivity index (χ0) is 16.8. The summed E-state index contributed by atoms with van der Waals surface area (Å²) in [5.41, 5.74) is 7.88. The van der Waals surface area contributed by atoms with Gasteiger partial charge < -0.3 is 16.4 Å². The van der Waals surface area contributed by atoms with Crippen LogP contribution in [0.5, 0.6) is 0 Å². The largest absolute Gasteiger partial charge is 0.384 e. The number of nitrogens with zero attached hydrogens (tertiary/aromatic N) is 1. The lowest BCUT2D eigenvalue weighted by atomic mass is 10.0. The highest BCUT2D eigenvalue weighted by atomic mass is 16.2. The second-order valence-corrected chi connectivity index (χ2v) is 6.52. The van der Waals surface area contributed by atoms with Crippen LogP contribution in [0.3, 0.4) is 0 Å². The van der Waals surface area contributed by atoms with Gasteiger partial charge in [0.2, 0.25) is 0 Å². The Bertz CT molecular complexity index is 823. The molecule has 0 radical (unpaired) electrons. The number of aromatic nitrogens is 1. The Kier molecular flexibility index (Phi) is 3.26. The average Bonchev–Trinajstić information content (AvgIpc) is 3.47. The SMILES string of the molecule is Cc1ccc(C(=O)NC2C3CC32)cc1C(=O)Nc1ccc(N)nc1. The molecule has 4 N–H and O–H groups in total. The molecule has 24 heavy (non-hydrogen) atoms. The number of nitrogens with two attached hydrogens (primary N) is 1. The first-order valence-electron chi connectivity index (χ1n) is 7.97. The van der Waals surface area contributed by atoms with E-state index in [1.807, 2.05) is 6.92 Å². The Balaban J connectivity index is 1.50. The van der Waals surface area contributed by atoms with Gasteiger partial charge in [0, 0.05) is 17.2 Å². The van der Waals surface area contributed by atoms with Gasteiger partial charge in [-0.2, -0.15) is 0 Å². The summed E-state index contributed by atoms with van der Waals surface area (Å²) < 4.78 is 0. The van der Waals surface area contributed by atoms with Crippen LogP contribution >= 0.6 is 0 Å². The molecule has 0 aliphatic heterocycles. The van der Waals surface area contributed by atoms with E-state index < -0.39 is 0 Å². The lowest BCUT2D eigenvalue weighted by Crippen LogP contribution is -2.30. The zero-order valence-corrected chi connectivity index (χ0v) is 13.2. The second kappa shape index (κ2) is 5.33. The molecule has 1 aromatic carbocycles. The normalized spacial score (nSPS) is 23.1. The van der Waals surface area contributed by atoms with Crippen LogP contribution in [0.1, 0.15) is 32.7 Å². The maximum Gasteiger partial charge on any atom is 0.255 e. The molecule has 2 aliphatic rings. The van der Waals surface area contributed by atoms with Crippen LogP contribution in [0.2, 0.25) is 0 Å². The maximum absolute atomic E-state index is 12.5. The number of carbonyl (C=O) groups excluding carboxylic acids is 2. The van der Waals surface area contributed by atoms with Gasteiger partial charge >= 0.3 is 0 Å². The monoisotopic (exact) mass is 322 g/mol. The maximum atomic E-state index is 12.5. The lowest BCUT2D eigenvalue weighted by Gasteiger charge is -2.11. The molecule has 6 nitrogen and oxygen atoms in total. The van der Waals surface area contributed by atoms with Crippen LogP contribution in [-0.4, -0.2) is 22.8 Å². The third-order valence-corrected chi connectivity index (χ3v) is 4.76. The van der Waals surface area contributed by atoms with Crippen molar-refractivity contribution in [2.75, 3.05) is 11.1 Å². The van der Waals surface area contributed by atoms with E-state index in [2.05, 4.69) is 15.6 Å². The smallest absolute Gasteiger partial charge is 0.255 e. The number of rotatable bonds is 4. The third-order valence-electron chi connectivity index (χ3n) is 4.76. The molecule has 2 amide bonds. The summed E-state index contributed by atoms with van der Waals surface area (Å²) in [4.78, 5) is 28.7. The highest BCUT2D eigenvalue weighted by Gasteiger charge is 2.64. The summed E-state index contributed by atoms with van der Waals surface area (Å²) in [6.45, 7) is 1.84. The van der Waals surface area contributed by atoms with E-state index in [9.17, 15) is 9.59 Å². The van der Waals surface area contributed by atoms with E-state index in [0.717, 1.165) is 5.56 Å². The van der Waals surface area contributed by atoms with E-state index in [1.54, 1.807) is 30.3 Å². The molecule has 2 aromatic rings. The molecule has 0 bridgehead atoms. The number of nitrogen functional groups attached to an aromatic ring is 1. The first-order chi connectivity index (χ1) is 11.5. The fourth-order valence-electron chi connectivity index (χ4n) is 2.91. The molecule has 0 saturated heterocycles. The fourth-order valence-corrected chi connectivity index (χ4v) is 2.91. The minimum absolute atomic E-state index is 0.115. The molecule has 4 rings (SSSR count). The Labute approximate surface area is 139 Å². The molecule has 2 aliphatic carbocycles. The topological polar surface area (TPSA) is 97.1 Å². The van der Waals surface area contributed by atoms with Gasteiger partial charge in [-0.25, -0.2) is 4.98 Å². The molecule has 6 heteroatoms. The van der Waals surface area contributed by atoms with Gasteiger partial charge in [0.05, 0.1) is 11.9 Å². The molecule has 2 unspecified atom stereocenters. The van der Waals surface area contributed by atoms with Crippen LogP contribution in [0.4, 0.5) is 11.5 Å². The minimum Gasteiger partial charge on any atom is -0.384 e. The van der Waals surface area contributed by atoms with E-state index in [0.29, 0.717) is 40.5 Å². The second-order valence-electron chi connectivity index (χ2n) is 6.52. The number of hydrogen-bond acceptors (Lipinski definition) is 4. The molecule has 2 saturated carbocycles. The number of anilines is 2. The number of pyridine rings is 1. The van der Waals surface area contributed by atoms with Crippen molar-refractivity contribution in [3.05, 3.63) is 53.2 Å². The number of nitrogens with one attached hydrogen (secondary N) is 2. The highest BCUT2D eigenvalue weighted by molar-refractivity contribution is 6.07. The molecular formula is C18H18N4O2. The Morgan fingerprint density at radius 3 is 2.58 bits per heavy atom. The fraction of sp³-hybridized carbons (Fsp3) is 0.278. The summed E-state index contributed by atoms with van der Waals surface area (Å²) in [6.07, 6.45) is 2.74. The molecular weight excluding hydrogens is 304 g/mol. The number of carbonyl (C=O) groups is 2. The number of benzene rings is 1. The molecule has 122 valence electrons. The van der Waals surface area contributed by atoms with Crippen molar-refractivity contribution in [1.29, 1.82) is 0 Å². The van der Waals surface area contributed by atoms with Crippen molar-refractivity contribution in [3.8, 4) is 0 Å². The van der Waals surface area contributed by atoms with Gasteiger partial charge in [0.15, 0.2) is 0 Å². The van der Waals surface area contributed by atoms with Gasteiger partial charge in [-0.3, -0.25) is 9.59 Å². The summed E-state index contributed by atoms with van der Waals surface area (Å²) in [5.74, 6) is 1.39. The molecule has 2 atom stereocenters. The Morgan fingerprint density at radius 1 is 1.17 bits per heavy atom. The summed E-state index contributed by atoms with van der Waals surface area (Å²) >= 11 is 0. The first-order valence-corrected chi connectivity index (χ1v) is 7.97. The van der Waals surface area contributed by atoms with Crippen LogP contribution in [0.25, 0.3) is 0 Å². The van der Waals surface area contributed by atoms with Crippen molar-refractivity contribution in [2.24, 2.45) is 11.8 Å². The van der Waals surface area contributed by atoms with Crippen molar-refractivity contribution in [3.63, 3.8) is 0 Å². The van der Waals surface area contributed by atoms with E-state index in [-0.39, 0.29) is 11.8 Å². The van der Waals surface area contributed by atoms with Gasteiger partial charge in [0.25, 0.3) is 11.8 Å². The molecule has 1 aromatic heterocycles. The highest BCUT2D eigenvalue weighted by Crippen LogP contribution is 2.62. The van der Waals surface area contributed by atoms with E-state index >= 15 is 0 Å². The van der Waals surface area contributed by atoms with Crippen molar-refractivity contribution in [2.45, 2.75) is 19.4 Å². The van der Waals surface area contributed by atoms with Crippen molar-refractivity contribution >= 4 is 23.3 Å². The zero-order valence-electron chi connectivity index (χ0n) is 13.2. The van der Waals surface area contributed by atoms with Crippen LogP contribution < -0.4 is 16.4 Å². The summed E-state index contributed by atoms with van der Waals surface area (Å²) in [7, 11) is 0. The standard InChI is InChI=1S/C18H18N4O2/c1-9-2-3-10(17(23)22-16-13-7-14(13)16)6-12(9)18(24)21-11-4-5-15(19)20-8-11/h2-6,8,13-14,16H,7H2,1H3,(H2,19,20)(H,21,24)(H,22,23). The van der Waals surface area contributed by atoms with E-state index in [4.69, 9.17) is 5.73 Å². The molecule has 2 fully saturated rings. The Hall–Kier alpha value is -2.89. The van der Waals surface area contributed by atoms with Gasteiger partial charge in [0.1, 0.15) is 5.82 Å². The predicted octanol–water partition coefficient (Wildman–Crippen LogP) is 1.97. The van der Waals surface area contributed by atoms with E-state index in [1.165, 1.54) is 12.6 Å². The summed E-state index contributed by atoms with van der Waals surface area (Å²) in [6, 6.07) is 8.83. The van der Waals surface area contributed by atoms with Crippen molar-refractivity contribution < 1.29 is 9.59 Å². The first kappa shape index (κ1) is 14.7. The summed E-state index contributed by atoms with van der Waals surface area (Å²) in [5, 5.41) is 5.79. The number of amides is 2. The predicted molar refractivity (Wildman–Crippen MR) is 90.6 cm³/mol. The van der Waals surface area contributed by atoms with Gasteiger partial charge in [-0.1, -0.05) is 6.07 Å². The van der Waals surface area contributed by atoms with Crippen LogP contribution in [0, 0.1) is 18.8 Å². The quantitative estimate of drug-likeness (QED) is 0.801. The molecule has 0 spiro atoms. The molecule has 1 heterocycles. The third kappa shape index (κ3) is 2.71. The Morgan fingerprint density at radius 2 is 1.96 bits per heavy atom. The number of aryl methyl sites for hydroxylation is 1.